The van der Waals surface area contributed by atoms with Crippen LogP contribution < -0.4 is 5.32 Å². The molecule has 1 aromatic rings. The first-order valence-electron chi connectivity index (χ1n) is 5.52. The van der Waals surface area contributed by atoms with E-state index in [0.29, 0.717) is 6.04 Å². The van der Waals surface area contributed by atoms with Crippen LogP contribution in [0.1, 0.15) is 26.8 Å². The Morgan fingerprint density at radius 2 is 2.11 bits per heavy atom. The van der Waals surface area contributed by atoms with Crippen LogP contribution in [0.5, 0.6) is 0 Å². The molecule has 1 saturated heterocycles. The van der Waals surface area contributed by atoms with Crippen molar-refractivity contribution >= 4 is 42.1 Å². The van der Waals surface area contributed by atoms with Gasteiger partial charge in [0, 0.05) is 19.1 Å². The molecule has 2 heterocycles. The zero-order valence-electron chi connectivity index (χ0n) is 10.7. The average molecular weight is 312 g/mol. The summed E-state index contributed by atoms with van der Waals surface area (Å²) in [5.74, 6) is 0.140. The van der Waals surface area contributed by atoms with Crippen molar-refractivity contribution in [1.29, 1.82) is 0 Å². The molecule has 2 rings (SSSR count). The van der Waals surface area contributed by atoms with Gasteiger partial charge in [-0.25, -0.2) is 4.98 Å². The molecule has 1 N–H and O–H groups in total. The highest BCUT2D eigenvalue weighted by Crippen LogP contribution is 2.21. The first-order valence-corrected chi connectivity index (χ1v) is 6.34. The minimum absolute atomic E-state index is 0. The zero-order chi connectivity index (χ0) is 11.7. The van der Waals surface area contributed by atoms with Gasteiger partial charge in [0.15, 0.2) is 0 Å². The van der Waals surface area contributed by atoms with Crippen LogP contribution in [0.2, 0.25) is 0 Å². The fourth-order valence-corrected chi connectivity index (χ4v) is 2.94. The minimum atomic E-state index is 0. The van der Waals surface area contributed by atoms with Gasteiger partial charge < -0.3 is 10.2 Å². The molecule has 1 aliphatic rings. The number of nitrogens with zero attached hydrogens (tertiary/aromatic N) is 2. The van der Waals surface area contributed by atoms with E-state index in [4.69, 9.17) is 0 Å². The van der Waals surface area contributed by atoms with Gasteiger partial charge in [0.25, 0.3) is 5.91 Å². The quantitative estimate of drug-likeness (QED) is 0.909. The van der Waals surface area contributed by atoms with E-state index in [2.05, 4.69) is 10.3 Å². The monoisotopic (exact) mass is 311 g/mol. The maximum atomic E-state index is 12.2. The number of aromatic nitrogens is 1. The number of amides is 1. The van der Waals surface area contributed by atoms with Gasteiger partial charge in [0.05, 0.1) is 10.7 Å². The molecule has 1 aromatic heterocycles. The maximum Gasteiger partial charge on any atom is 0.265 e. The number of hydrogen-bond donors (Lipinski definition) is 1. The summed E-state index contributed by atoms with van der Waals surface area (Å²) in [6.07, 6.45) is 1.04. The van der Waals surface area contributed by atoms with Gasteiger partial charge in [0.1, 0.15) is 4.88 Å². The Labute approximate surface area is 124 Å². The first kappa shape index (κ1) is 17.6. The predicted octanol–water partition coefficient (Wildman–Crippen LogP) is 2.04. The minimum Gasteiger partial charge on any atom is -0.336 e. The normalized spacial score (nSPS) is 18.2. The lowest BCUT2D eigenvalue weighted by atomic mass is 10.3. The van der Waals surface area contributed by atoms with Crippen molar-refractivity contribution < 1.29 is 4.79 Å². The summed E-state index contributed by atoms with van der Waals surface area (Å²) in [5.41, 5.74) is 0.861. The van der Waals surface area contributed by atoms with Crippen molar-refractivity contribution in [2.75, 3.05) is 20.1 Å². The topological polar surface area (TPSA) is 45.2 Å². The Hall–Kier alpha value is -0.360. The van der Waals surface area contributed by atoms with E-state index in [9.17, 15) is 4.79 Å². The molecular weight excluding hydrogens is 293 g/mol. The lowest BCUT2D eigenvalue weighted by molar-refractivity contribution is 0.0793. The number of aryl methyl sites for hydroxylation is 2. The molecule has 18 heavy (non-hydrogen) atoms. The van der Waals surface area contributed by atoms with Gasteiger partial charge in [0.2, 0.25) is 0 Å². The van der Waals surface area contributed by atoms with Crippen LogP contribution in [0.25, 0.3) is 0 Å². The number of carbonyl (C=O) groups excluding carboxylic acids is 1. The number of rotatable bonds is 2. The smallest absolute Gasteiger partial charge is 0.265 e. The third kappa shape index (κ3) is 3.57. The number of thiazole rings is 1. The van der Waals surface area contributed by atoms with Crippen molar-refractivity contribution in [3.63, 3.8) is 0 Å². The largest absolute Gasteiger partial charge is 0.336 e. The summed E-state index contributed by atoms with van der Waals surface area (Å²) in [5, 5.41) is 4.18. The van der Waals surface area contributed by atoms with Crippen molar-refractivity contribution in [3.8, 4) is 0 Å². The Kier molecular flexibility index (Phi) is 7.14. The van der Waals surface area contributed by atoms with E-state index in [-0.39, 0.29) is 30.7 Å². The Morgan fingerprint density at radius 3 is 2.56 bits per heavy atom. The van der Waals surface area contributed by atoms with Gasteiger partial charge in [-0.3, -0.25) is 4.79 Å². The average Bonchev–Trinajstić information content (AvgIpc) is 2.84. The summed E-state index contributed by atoms with van der Waals surface area (Å²) >= 11 is 1.50. The summed E-state index contributed by atoms with van der Waals surface area (Å²) in [6, 6.07) is 0.443. The molecule has 0 aromatic carbocycles. The van der Waals surface area contributed by atoms with Crippen LogP contribution in [0.15, 0.2) is 0 Å². The number of halogens is 2. The van der Waals surface area contributed by atoms with Crippen LogP contribution in [-0.4, -0.2) is 42.0 Å². The van der Waals surface area contributed by atoms with Crippen molar-refractivity contribution in [2.24, 2.45) is 0 Å². The van der Waals surface area contributed by atoms with Gasteiger partial charge in [-0.1, -0.05) is 0 Å². The van der Waals surface area contributed by atoms with E-state index in [1.165, 1.54) is 11.3 Å². The van der Waals surface area contributed by atoms with Gasteiger partial charge in [-0.2, -0.15) is 0 Å². The fraction of sp³-hybridized carbons (Fsp3) is 0.636. The van der Waals surface area contributed by atoms with Crippen molar-refractivity contribution in [3.05, 3.63) is 15.6 Å². The molecule has 7 heteroatoms. The van der Waals surface area contributed by atoms with E-state index >= 15 is 0 Å². The lowest BCUT2D eigenvalue weighted by Crippen LogP contribution is -2.33. The van der Waals surface area contributed by atoms with Crippen molar-refractivity contribution in [2.45, 2.75) is 26.3 Å². The van der Waals surface area contributed by atoms with Gasteiger partial charge >= 0.3 is 0 Å². The standard InChI is InChI=1S/C11H17N3OS.2ClH/c1-7-10(16-8(2)13-7)11(15)14-5-4-9(6-14)12-3;;/h9,12H,4-6H2,1-3H3;2*1H. The maximum absolute atomic E-state index is 12.2. The lowest BCUT2D eigenvalue weighted by Gasteiger charge is -2.15. The zero-order valence-corrected chi connectivity index (χ0v) is 13.2. The molecule has 0 radical (unpaired) electrons. The van der Waals surface area contributed by atoms with Crippen LogP contribution in [0.4, 0.5) is 0 Å². The molecule has 104 valence electrons. The molecule has 4 nitrogen and oxygen atoms in total. The van der Waals surface area contributed by atoms with Gasteiger partial charge in [-0.05, 0) is 27.3 Å². The molecule has 0 spiro atoms. The molecule has 1 unspecified atom stereocenters. The summed E-state index contributed by atoms with van der Waals surface area (Å²) in [7, 11) is 1.95. The van der Waals surface area contributed by atoms with Crippen LogP contribution in [-0.2, 0) is 0 Å². The molecule has 1 amide bonds. The van der Waals surface area contributed by atoms with Crippen LogP contribution in [0.3, 0.4) is 0 Å². The Morgan fingerprint density at radius 1 is 1.44 bits per heavy atom. The molecule has 1 aliphatic heterocycles. The summed E-state index contributed by atoms with van der Waals surface area (Å²) < 4.78 is 0. The highest BCUT2D eigenvalue weighted by molar-refractivity contribution is 7.13. The third-order valence-electron chi connectivity index (χ3n) is 2.98. The van der Waals surface area contributed by atoms with Crippen LogP contribution >= 0.6 is 36.2 Å². The molecule has 0 aliphatic carbocycles. The molecule has 0 bridgehead atoms. The highest BCUT2D eigenvalue weighted by atomic mass is 35.5. The van der Waals surface area contributed by atoms with Crippen molar-refractivity contribution in [1.82, 2.24) is 15.2 Å². The number of carbonyl (C=O) groups is 1. The summed E-state index contributed by atoms with van der Waals surface area (Å²) in [6.45, 7) is 5.50. The number of likely N-dealkylation sites (tertiary alicyclic amines) is 1. The number of likely N-dealkylation sites (N-methyl/N-ethyl adjacent to an activating group) is 1. The Balaban J connectivity index is 0.00000144. The van der Waals surface area contributed by atoms with E-state index in [1.54, 1.807) is 0 Å². The second kappa shape index (κ2) is 7.28. The molecule has 1 atom stereocenters. The second-order valence-electron chi connectivity index (χ2n) is 4.17. The highest BCUT2D eigenvalue weighted by Gasteiger charge is 2.27. The van der Waals surface area contributed by atoms with Crippen LogP contribution in [0, 0.1) is 13.8 Å². The van der Waals surface area contributed by atoms with Gasteiger partial charge in [-0.15, -0.1) is 36.2 Å². The van der Waals surface area contributed by atoms with E-state index < -0.39 is 0 Å². The number of hydrogen-bond acceptors (Lipinski definition) is 4. The molecule has 0 saturated carbocycles. The van der Waals surface area contributed by atoms with E-state index in [1.807, 2.05) is 25.8 Å². The summed E-state index contributed by atoms with van der Waals surface area (Å²) in [4.78, 5) is 19.2. The molecule has 1 fully saturated rings. The van der Waals surface area contributed by atoms with E-state index in [0.717, 1.165) is 35.1 Å². The third-order valence-corrected chi connectivity index (χ3v) is 4.04. The predicted molar refractivity (Wildman–Crippen MR) is 79.5 cm³/mol. The first-order chi connectivity index (χ1) is 7.61. The number of nitrogens with one attached hydrogen (secondary N) is 1. The fourth-order valence-electron chi connectivity index (χ4n) is 2.05. The second-order valence-corrected chi connectivity index (χ2v) is 5.38. The SMILES string of the molecule is CNC1CCN(C(=O)c2sc(C)nc2C)C1.Cl.Cl. The Bertz CT molecular complexity index is 411. The molecular formula is C11H19Cl2N3OS.